The van der Waals surface area contributed by atoms with Gasteiger partial charge in [-0.1, -0.05) is 26.2 Å². The van der Waals surface area contributed by atoms with Gasteiger partial charge in [0.1, 0.15) is 0 Å². The van der Waals surface area contributed by atoms with Crippen LogP contribution in [0.2, 0.25) is 0 Å². The third kappa shape index (κ3) is 3.68. The minimum absolute atomic E-state index is 0.0000231. The predicted molar refractivity (Wildman–Crippen MR) is 70.8 cm³/mol. The normalized spacial score (nSPS) is 20.5. The van der Waals surface area contributed by atoms with Gasteiger partial charge in [-0.25, -0.2) is 0 Å². The summed E-state index contributed by atoms with van der Waals surface area (Å²) in [4.78, 5) is 14.1. The minimum atomic E-state index is -0.347. The maximum atomic E-state index is 11.8. The van der Waals surface area contributed by atoms with Gasteiger partial charge >= 0.3 is 0 Å². The molecule has 3 N–H and O–H groups in total. The molecule has 1 unspecified atom stereocenters. The Morgan fingerprint density at radius 2 is 2.00 bits per heavy atom. The molecule has 0 aromatic rings. The molecule has 4 heteroatoms. The molecule has 1 amide bonds. The summed E-state index contributed by atoms with van der Waals surface area (Å²) in [6.45, 7) is 2.78. The first kappa shape index (κ1) is 14.5. The molecule has 1 saturated carbocycles. The average molecular weight is 241 g/mol. The zero-order chi connectivity index (χ0) is 12.9. The van der Waals surface area contributed by atoms with Crippen molar-refractivity contribution in [2.75, 3.05) is 20.6 Å². The van der Waals surface area contributed by atoms with Gasteiger partial charge in [0, 0.05) is 12.1 Å². The average Bonchev–Trinajstić information content (AvgIpc) is 2.76. The van der Waals surface area contributed by atoms with Crippen LogP contribution in [-0.2, 0) is 4.79 Å². The van der Waals surface area contributed by atoms with Crippen molar-refractivity contribution in [3.8, 4) is 0 Å². The highest BCUT2D eigenvalue weighted by Crippen LogP contribution is 2.33. The second-order valence-electron chi connectivity index (χ2n) is 5.44. The van der Waals surface area contributed by atoms with Crippen LogP contribution in [0.4, 0.5) is 0 Å². The van der Waals surface area contributed by atoms with Crippen LogP contribution in [0.1, 0.15) is 45.4 Å². The molecule has 17 heavy (non-hydrogen) atoms. The highest BCUT2D eigenvalue weighted by Gasteiger charge is 2.36. The van der Waals surface area contributed by atoms with Gasteiger partial charge < -0.3 is 16.0 Å². The summed E-state index contributed by atoms with van der Waals surface area (Å²) >= 11 is 0. The molecular weight excluding hydrogens is 214 g/mol. The first-order chi connectivity index (χ1) is 8.02. The van der Waals surface area contributed by atoms with E-state index in [1.54, 1.807) is 0 Å². The van der Waals surface area contributed by atoms with Crippen LogP contribution in [0.15, 0.2) is 0 Å². The molecule has 1 aliphatic rings. The number of amides is 1. The van der Waals surface area contributed by atoms with E-state index in [0.29, 0.717) is 0 Å². The molecule has 100 valence electrons. The van der Waals surface area contributed by atoms with Crippen molar-refractivity contribution in [1.82, 2.24) is 10.2 Å². The van der Waals surface area contributed by atoms with Gasteiger partial charge in [-0.15, -0.1) is 0 Å². The Labute approximate surface area is 105 Å². The monoisotopic (exact) mass is 241 g/mol. The van der Waals surface area contributed by atoms with Gasteiger partial charge in [-0.2, -0.15) is 0 Å². The standard InChI is InChI=1S/C13H27N3O/c1-4-7-11(14)12(17)15-10-13(16(2)3)8-5-6-9-13/h11H,4-10,14H2,1-3H3,(H,15,17). The summed E-state index contributed by atoms with van der Waals surface area (Å²) in [5.74, 6) is -0.0000231. The van der Waals surface area contributed by atoms with E-state index >= 15 is 0 Å². The summed E-state index contributed by atoms with van der Waals surface area (Å²) in [5.41, 5.74) is 5.96. The number of nitrogens with zero attached hydrogens (tertiary/aromatic N) is 1. The van der Waals surface area contributed by atoms with Gasteiger partial charge in [0.2, 0.25) is 5.91 Å². The fourth-order valence-corrected chi connectivity index (χ4v) is 2.64. The van der Waals surface area contributed by atoms with Gasteiger partial charge in [-0.3, -0.25) is 4.79 Å². The summed E-state index contributed by atoms with van der Waals surface area (Å²) in [6.07, 6.45) is 6.57. The van der Waals surface area contributed by atoms with Gasteiger partial charge in [-0.05, 0) is 33.4 Å². The molecule has 0 bridgehead atoms. The van der Waals surface area contributed by atoms with Crippen LogP contribution in [0.3, 0.4) is 0 Å². The first-order valence-corrected chi connectivity index (χ1v) is 6.72. The molecule has 1 aliphatic carbocycles. The Balaban J connectivity index is 2.45. The Kier molecular flexibility index (Phi) is 5.40. The smallest absolute Gasteiger partial charge is 0.236 e. The molecule has 0 saturated heterocycles. The quantitative estimate of drug-likeness (QED) is 0.732. The minimum Gasteiger partial charge on any atom is -0.353 e. The lowest BCUT2D eigenvalue weighted by Crippen LogP contribution is -2.53. The maximum absolute atomic E-state index is 11.8. The van der Waals surface area contributed by atoms with Crippen LogP contribution in [0.25, 0.3) is 0 Å². The molecule has 1 fully saturated rings. The van der Waals surface area contributed by atoms with Gasteiger partial charge in [0.25, 0.3) is 0 Å². The van der Waals surface area contributed by atoms with Crippen molar-refractivity contribution in [2.24, 2.45) is 5.73 Å². The van der Waals surface area contributed by atoms with Crippen molar-refractivity contribution in [3.63, 3.8) is 0 Å². The molecule has 0 aromatic heterocycles. The second kappa shape index (κ2) is 6.36. The number of carbonyl (C=O) groups is 1. The van der Waals surface area contributed by atoms with Crippen LogP contribution < -0.4 is 11.1 Å². The molecular formula is C13H27N3O. The zero-order valence-corrected chi connectivity index (χ0v) is 11.5. The molecule has 0 radical (unpaired) electrons. The number of nitrogens with two attached hydrogens (primary N) is 1. The van der Waals surface area contributed by atoms with Crippen LogP contribution in [-0.4, -0.2) is 43.0 Å². The first-order valence-electron chi connectivity index (χ1n) is 6.72. The van der Waals surface area contributed by atoms with E-state index in [2.05, 4.69) is 24.3 Å². The third-order valence-electron chi connectivity index (χ3n) is 4.01. The fourth-order valence-electron chi connectivity index (χ4n) is 2.64. The Morgan fingerprint density at radius 3 is 2.47 bits per heavy atom. The Morgan fingerprint density at radius 1 is 1.41 bits per heavy atom. The molecule has 1 atom stereocenters. The van der Waals surface area contributed by atoms with Gasteiger partial charge in [0.05, 0.1) is 6.04 Å². The van der Waals surface area contributed by atoms with Crippen LogP contribution in [0.5, 0.6) is 0 Å². The van der Waals surface area contributed by atoms with Crippen molar-refractivity contribution in [3.05, 3.63) is 0 Å². The molecule has 0 spiro atoms. The van der Waals surface area contributed by atoms with Gasteiger partial charge in [0.15, 0.2) is 0 Å². The van der Waals surface area contributed by atoms with Crippen molar-refractivity contribution in [2.45, 2.75) is 57.0 Å². The lowest BCUT2D eigenvalue weighted by Gasteiger charge is -2.36. The lowest BCUT2D eigenvalue weighted by atomic mass is 9.96. The molecule has 0 aromatic carbocycles. The third-order valence-corrected chi connectivity index (χ3v) is 4.01. The van der Waals surface area contributed by atoms with E-state index in [9.17, 15) is 4.79 Å². The Bertz CT molecular complexity index is 247. The summed E-state index contributed by atoms with van der Waals surface area (Å²) < 4.78 is 0. The number of likely N-dealkylation sites (N-methyl/N-ethyl adjacent to an activating group) is 1. The lowest BCUT2D eigenvalue weighted by molar-refractivity contribution is -0.123. The van der Waals surface area contributed by atoms with E-state index in [4.69, 9.17) is 5.73 Å². The number of nitrogens with one attached hydrogen (secondary N) is 1. The van der Waals surface area contributed by atoms with Crippen molar-refractivity contribution >= 4 is 5.91 Å². The summed E-state index contributed by atoms with van der Waals surface area (Å²) in [5, 5.41) is 3.03. The highest BCUT2D eigenvalue weighted by molar-refractivity contribution is 5.81. The second-order valence-corrected chi connectivity index (χ2v) is 5.44. The SMILES string of the molecule is CCCC(N)C(=O)NCC1(N(C)C)CCCC1. The summed E-state index contributed by atoms with van der Waals surface area (Å²) in [7, 11) is 4.20. The maximum Gasteiger partial charge on any atom is 0.236 e. The topological polar surface area (TPSA) is 58.4 Å². The van der Waals surface area contributed by atoms with E-state index in [1.165, 1.54) is 25.7 Å². The fraction of sp³-hybridized carbons (Fsp3) is 0.923. The number of hydrogen-bond acceptors (Lipinski definition) is 3. The van der Waals surface area contributed by atoms with Crippen molar-refractivity contribution < 1.29 is 4.79 Å². The molecule has 4 nitrogen and oxygen atoms in total. The number of hydrogen-bond donors (Lipinski definition) is 2. The van der Waals surface area contributed by atoms with Crippen molar-refractivity contribution in [1.29, 1.82) is 0 Å². The van der Waals surface area contributed by atoms with Crippen LogP contribution in [0, 0.1) is 0 Å². The summed E-state index contributed by atoms with van der Waals surface area (Å²) in [6, 6.07) is -0.347. The zero-order valence-electron chi connectivity index (χ0n) is 11.5. The predicted octanol–water partition coefficient (Wildman–Crippen LogP) is 1.10. The van der Waals surface area contributed by atoms with E-state index in [1.807, 2.05) is 6.92 Å². The van der Waals surface area contributed by atoms with E-state index < -0.39 is 0 Å². The molecule has 0 heterocycles. The van der Waals surface area contributed by atoms with Crippen LogP contribution >= 0.6 is 0 Å². The van der Waals surface area contributed by atoms with E-state index in [-0.39, 0.29) is 17.5 Å². The Hall–Kier alpha value is -0.610. The number of rotatable bonds is 6. The van der Waals surface area contributed by atoms with E-state index in [0.717, 1.165) is 19.4 Å². The number of carbonyl (C=O) groups excluding carboxylic acids is 1. The molecule has 0 aliphatic heterocycles. The largest absolute Gasteiger partial charge is 0.353 e. The molecule has 1 rings (SSSR count). The highest BCUT2D eigenvalue weighted by atomic mass is 16.2.